The zero-order valence-corrected chi connectivity index (χ0v) is 14.7. The van der Waals surface area contributed by atoms with E-state index < -0.39 is 17.6 Å². The van der Waals surface area contributed by atoms with E-state index in [1.165, 1.54) is 43.6 Å². The molecule has 0 fully saturated rings. The second kappa shape index (κ2) is 7.96. The molecule has 0 unspecified atom stereocenters. The molecule has 6 nitrogen and oxygen atoms in total. The molecule has 0 aliphatic heterocycles. The van der Waals surface area contributed by atoms with Gasteiger partial charge in [-0.05, 0) is 36.4 Å². The molecule has 3 rings (SSSR count). The molecule has 2 aromatic carbocycles. The van der Waals surface area contributed by atoms with E-state index in [1.54, 1.807) is 0 Å². The summed E-state index contributed by atoms with van der Waals surface area (Å²) in [7, 11) is 1.27. The van der Waals surface area contributed by atoms with Gasteiger partial charge in [0.2, 0.25) is 5.95 Å². The van der Waals surface area contributed by atoms with Crippen LogP contribution in [0.2, 0.25) is 5.02 Å². The minimum absolute atomic E-state index is 0.0618. The van der Waals surface area contributed by atoms with Gasteiger partial charge >= 0.3 is 5.97 Å². The maximum absolute atomic E-state index is 13.8. The number of hydrogen-bond acceptors (Lipinski definition) is 6. The van der Waals surface area contributed by atoms with Gasteiger partial charge in [-0.1, -0.05) is 11.6 Å². The number of methoxy groups -OCH3 is 1. The Bertz CT molecular complexity index is 1000. The van der Waals surface area contributed by atoms with Crippen molar-refractivity contribution in [3.8, 4) is 0 Å². The lowest BCUT2D eigenvalue weighted by Crippen LogP contribution is -2.04. The largest absolute Gasteiger partial charge is 0.465 e. The summed E-state index contributed by atoms with van der Waals surface area (Å²) >= 11 is 6.13. The van der Waals surface area contributed by atoms with Gasteiger partial charge in [-0.25, -0.2) is 18.6 Å². The number of halogens is 3. The first-order valence-electron chi connectivity index (χ1n) is 7.66. The smallest absolute Gasteiger partial charge is 0.337 e. The third-order valence-corrected chi connectivity index (χ3v) is 3.81. The fourth-order valence-electron chi connectivity index (χ4n) is 2.20. The van der Waals surface area contributed by atoms with Crippen LogP contribution in [0.25, 0.3) is 0 Å². The van der Waals surface area contributed by atoms with E-state index in [4.69, 9.17) is 11.6 Å². The summed E-state index contributed by atoms with van der Waals surface area (Å²) in [6, 6.07) is 9.22. The lowest BCUT2D eigenvalue weighted by atomic mass is 10.2. The topological polar surface area (TPSA) is 76.1 Å². The lowest BCUT2D eigenvalue weighted by Gasteiger charge is -2.11. The number of carbonyl (C=O) groups excluding carboxylic acids is 1. The van der Waals surface area contributed by atoms with Crippen molar-refractivity contribution in [1.29, 1.82) is 0 Å². The van der Waals surface area contributed by atoms with Crippen LogP contribution in [0.5, 0.6) is 0 Å². The van der Waals surface area contributed by atoms with E-state index in [-0.39, 0.29) is 17.5 Å². The Morgan fingerprint density at radius 2 is 1.89 bits per heavy atom. The highest BCUT2D eigenvalue weighted by Gasteiger charge is 2.11. The second-order valence-corrected chi connectivity index (χ2v) is 5.73. The fourth-order valence-corrected chi connectivity index (χ4v) is 2.37. The van der Waals surface area contributed by atoms with Gasteiger partial charge in [-0.15, -0.1) is 0 Å². The molecule has 0 aliphatic carbocycles. The van der Waals surface area contributed by atoms with Crippen LogP contribution < -0.4 is 10.6 Å². The van der Waals surface area contributed by atoms with Crippen LogP contribution in [-0.4, -0.2) is 23.0 Å². The predicted octanol–water partition coefficient (Wildman–Crippen LogP) is 4.68. The van der Waals surface area contributed by atoms with Crippen molar-refractivity contribution in [2.75, 3.05) is 17.7 Å². The van der Waals surface area contributed by atoms with E-state index in [0.717, 1.165) is 12.1 Å². The molecule has 27 heavy (non-hydrogen) atoms. The molecule has 1 aromatic heterocycles. The van der Waals surface area contributed by atoms with E-state index in [0.29, 0.717) is 16.3 Å². The molecule has 0 spiro atoms. The first-order chi connectivity index (χ1) is 13.0. The highest BCUT2D eigenvalue weighted by atomic mass is 35.5. The minimum Gasteiger partial charge on any atom is -0.465 e. The molecule has 0 saturated carbocycles. The number of carbonyl (C=O) groups is 1. The monoisotopic (exact) mass is 390 g/mol. The number of aromatic nitrogens is 2. The normalized spacial score (nSPS) is 10.4. The maximum Gasteiger partial charge on any atom is 0.337 e. The number of rotatable bonds is 5. The van der Waals surface area contributed by atoms with Gasteiger partial charge in [-0.3, -0.25) is 0 Å². The number of benzene rings is 2. The summed E-state index contributed by atoms with van der Waals surface area (Å²) in [4.78, 5) is 19.9. The molecule has 0 atom stereocenters. The highest BCUT2D eigenvalue weighted by molar-refractivity contribution is 6.33. The summed E-state index contributed by atoms with van der Waals surface area (Å²) in [5.41, 5.74) is 0.753. The molecule has 138 valence electrons. The number of anilines is 4. The Morgan fingerprint density at radius 1 is 1.07 bits per heavy atom. The van der Waals surface area contributed by atoms with Crippen LogP contribution in [0.15, 0.2) is 48.7 Å². The van der Waals surface area contributed by atoms with Gasteiger partial charge in [0.25, 0.3) is 0 Å². The fraction of sp³-hybridized carbons (Fsp3) is 0.0556. The third kappa shape index (κ3) is 4.48. The Morgan fingerprint density at radius 3 is 2.63 bits per heavy atom. The van der Waals surface area contributed by atoms with Crippen molar-refractivity contribution in [2.45, 2.75) is 0 Å². The van der Waals surface area contributed by atoms with Gasteiger partial charge in [0.1, 0.15) is 17.5 Å². The molecule has 0 bridgehead atoms. The maximum atomic E-state index is 13.8. The first kappa shape index (κ1) is 18.5. The molecule has 0 amide bonds. The van der Waals surface area contributed by atoms with Gasteiger partial charge in [-0.2, -0.15) is 4.98 Å². The van der Waals surface area contributed by atoms with Gasteiger partial charge < -0.3 is 15.4 Å². The quantitative estimate of drug-likeness (QED) is 0.616. The SMILES string of the molecule is COC(=O)c1ccc(Cl)c(Nc2nccc(Nc3ccc(F)cc3F)n2)c1. The van der Waals surface area contributed by atoms with E-state index >= 15 is 0 Å². The number of nitrogens with zero attached hydrogens (tertiary/aromatic N) is 2. The summed E-state index contributed by atoms with van der Waals surface area (Å²) in [5, 5.41) is 5.97. The predicted molar refractivity (Wildman–Crippen MR) is 97.7 cm³/mol. The summed E-state index contributed by atoms with van der Waals surface area (Å²) in [6.45, 7) is 0. The number of ether oxygens (including phenoxy) is 1. The summed E-state index contributed by atoms with van der Waals surface area (Å²) in [6.07, 6.45) is 1.44. The Hall–Kier alpha value is -3.26. The van der Waals surface area contributed by atoms with E-state index in [1.807, 2.05) is 0 Å². The average Bonchev–Trinajstić information content (AvgIpc) is 2.65. The molecule has 0 saturated heterocycles. The molecule has 3 aromatic rings. The zero-order valence-electron chi connectivity index (χ0n) is 14.0. The number of hydrogen-bond donors (Lipinski definition) is 2. The molecule has 9 heteroatoms. The van der Waals surface area contributed by atoms with Crippen LogP contribution in [0, 0.1) is 11.6 Å². The molecule has 1 heterocycles. The minimum atomic E-state index is -0.753. The van der Waals surface area contributed by atoms with Crippen LogP contribution in [-0.2, 0) is 4.74 Å². The van der Waals surface area contributed by atoms with Crippen LogP contribution >= 0.6 is 11.6 Å². The van der Waals surface area contributed by atoms with Crippen molar-refractivity contribution in [3.63, 3.8) is 0 Å². The molecule has 0 aliphatic rings. The molecular formula is C18H13ClF2N4O2. The van der Waals surface area contributed by atoms with Crippen molar-refractivity contribution in [1.82, 2.24) is 9.97 Å². The summed E-state index contributed by atoms with van der Waals surface area (Å²) in [5.74, 6) is -1.51. The van der Waals surface area contributed by atoms with Gasteiger partial charge in [0.05, 0.1) is 29.1 Å². The Balaban J connectivity index is 1.83. The van der Waals surface area contributed by atoms with Gasteiger partial charge in [0, 0.05) is 12.3 Å². The van der Waals surface area contributed by atoms with Crippen molar-refractivity contribution >= 4 is 40.7 Å². The van der Waals surface area contributed by atoms with Crippen molar-refractivity contribution in [2.24, 2.45) is 0 Å². The van der Waals surface area contributed by atoms with E-state index in [2.05, 4.69) is 25.3 Å². The highest BCUT2D eigenvalue weighted by Crippen LogP contribution is 2.26. The summed E-state index contributed by atoms with van der Waals surface area (Å²) < 4.78 is 31.4. The lowest BCUT2D eigenvalue weighted by molar-refractivity contribution is 0.0601. The second-order valence-electron chi connectivity index (χ2n) is 5.33. The van der Waals surface area contributed by atoms with Crippen molar-refractivity contribution < 1.29 is 18.3 Å². The number of esters is 1. The zero-order chi connectivity index (χ0) is 19.4. The van der Waals surface area contributed by atoms with Gasteiger partial charge in [0.15, 0.2) is 0 Å². The average molecular weight is 391 g/mol. The molecular weight excluding hydrogens is 378 g/mol. The number of nitrogens with one attached hydrogen (secondary N) is 2. The van der Waals surface area contributed by atoms with Crippen LogP contribution in [0.3, 0.4) is 0 Å². The Labute approximate surface area is 158 Å². The molecule has 0 radical (unpaired) electrons. The third-order valence-electron chi connectivity index (χ3n) is 3.48. The van der Waals surface area contributed by atoms with Crippen molar-refractivity contribution in [3.05, 3.63) is 70.9 Å². The van der Waals surface area contributed by atoms with Crippen LogP contribution in [0.4, 0.5) is 31.9 Å². The van der Waals surface area contributed by atoms with E-state index in [9.17, 15) is 13.6 Å². The molecule has 2 N–H and O–H groups in total. The standard InChI is InChI=1S/C18H13ClF2N4O2/c1-27-17(26)10-2-4-12(19)15(8-10)24-18-22-7-6-16(25-18)23-14-5-3-11(20)9-13(14)21/h2-9H,1H3,(H2,22,23,24,25). The first-order valence-corrected chi connectivity index (χ1v) is 8.04. The van der Waals surface area contributed by atoms with Crippen LogP contribution in [0.1, 0.15) is 10.4 Å². The Kier molecular flexibility index (Phi) is 5.46.